The Balaban J connectivity index is 2.08. The first-order valence-electron chi connectivity index (χ1n) is 7.40. The second-order valence-electron chi connectivity index (χ2n) is 5.35. The number of carboxylic acids is 1. The topological polar surface area (TPSA) is 93.1 Å². The van der Waals surface area contributed by atoms with Crippen LogP contribution in [0.3, 0.4) is 0 Å². The maximum Gasteiger partial charge on any atom is 0.307 e. The second-order valence-corrected chi connectivity index (χ2v) is 7.29. The van der Waals surface area contributed by atoms with Gasteiger partial charge in [0.25, 0.3) is 0 Å². The van der Waals surface area contributed by atoms with Gasteiger partial charge in [0.2, 0.25) is 10.0 Å². The van der Waals surface area contributed by atoms with Crippen molar-refractivity contribution in [2.24, 2.45) is 5.92 Å². The molecule has 1 aliphatic rings. The van der Waals surface area contributed by atoms with E-state index in [1.165, 1.54) is 16.4 Å². The molecular formula is C15H21NO6S. The third kappa shape index (κ3) is 4.43. The highest BCUT2D eigenvalue weighted by molar-refractivity contribution is 7.89. The van der Waals surface area contributed by atoms with Gasteiger partial charge >= 0.3 is 5.97 Å². The number of hydrogen-bond acceptors (Lipinski definition) is 5. The van der Waals surface area contributed by atoms with Crippen LogP contribution < -0.4 is 4.74 Å². The Kier molecular flexibility index (Phi) is 5.97. The van der Waals surface area contributed by atoms with Crippen molar-refractivity contribution in [1.29, 1.82) is 0 Å². The van der Waals surface area contributed by atoms with E-state index in [-0.39, 0.29) is 11.4 Å². The van der Waals surface area contributed by atoms with Gasteiger partial charge in [-0.05, 0) is 37.1 Å². The molecule has 0 amide bonds. The summed E-state index contributed by atoms with van der Waals surface area (Å²) in [4.78, 5) is 11.2. The highest BCUT2D eigenvalue weighted by Crippen LogP contribution is 2.25. The third-order valence-electron chi connectivity index (χ3n) is 3.75. The number of piperidine rings is 1. The van der Waals surface area contributed by atoms with Crippen LogP contribution >= 0.6 is 0 Å². The van der Waals surface area contributed by atoms with Crippen molar-refractivity contribution in [3.05, 3.63) is 24.3 Å². The zero-order chi connectivity index (χ0) is 16.9. The van der Waals surface area contributed by atoms with Gasteiger partial charge in [0.1, 0.15) is 12.4 Å². The maximum absolute atomic E-state index is 12.6. The van der Waals surface area contributed by atoms with Gasteiger partial charge in [0.15, 0.2) is 0 Å². The van der Waals surface area contributed by atoms with E-state index in [0.717, 1.165) is 0 Å². The van der Waals surface area contributed by atoms with Crippen molar-refractivity contribution in [3.8, 4) is 5.75 Å². The molecule has 1 aromatic carbocycles. The first kappa shape index (κ1) is 17.7. The molecule has 1 heterocycles. The van der Waals surface area contributed by atoms with Crippen LogP contribution in [0.15, 0.2) is 29.2 Å². The normalized spacial score (nSPS) is 19.4. The Morgan fingerprint density at radius 2 is 2.00 bits per heavy atom. The molecule has 1 saturated heterocycles. The standard InChI is InChI=1S/C15H21NO6S/c1-21-9-10-22-13-4-6-14(7-5-13)23(19,20)16-8-2-3-12(11-16)15(17)18/h4-7,12H,2-3,8-11H2,1H3,(H,17,18). The molecule has 2 rings (SSSR count). The number of benzene rings is 1. The average Bonchev–Trinajstić information content (AvgIpc) is 2.55. The van der Waals surface area contributed by atoms with Crippen LogP contribution in [0.4, 0.5) is 0 Å². The molecule has 1 unspecified atom stereocenters. The lowest BCUT2D eigenvalue weighted by Crippen LogP contribution is -2.42. The van der Waals surface area contributed by atoms with Crippen LogP contribution in [-0.4, -0.2) is 57.2 Å². The second kappa shape index (κ2) is 7.76. The number of nitrogens with zero attached hydrogens (tertiary/aromatic N) is 1. The van der Waals surface area contributed by atoms with Gasteiger partial charge in [0.05, 0.1) is 17.4 Å². The fourth-order valence-corrected chi connectivity index (χ4v) is 3.99. The van der Waals surface area contributed by atoms with E-state index in [9.17, 15) is 13.2 Å². The molecule has 1 aromatic rings. The summed E-state index contributed by atoms with van der Waals surface area (Å²) in [6.45, 7) is 1.20. The van der Waals surface area contributed by atoms with Gasteiger partial charge in [-0.25, -0.2) is 8.42 Å². The van der Waals surface area contributed by atoms with Crippen LogP contribution in [0.1, 0.15) is 12.8 Å². The summed E-state index contributed by atoms with van der Waals surface area (Å²) in [7, 11) is -2.11. The van der Waals surface area contributed by atoms with Crippen molar-refractivity contribution in [3.63, 3.8) is 0 Å². The predicted octanol–water partition coefficient (Wildman–Crippen LogP) is 1.20. The quantitative estimate of drug-likeness (QED) is 0.748. The third-order valence-corrected chi connectivity index (χ3v) is 5.63. The van der Waals surface area contributed by atoms with Gasteiger partial charge in [-0.2, -0.15) is 4.31 Å². The molecule has 128 valence electrons. The van der Waals surface area contributed by atoms with Crippen molar-refractivity contribution in [2.75, 3.05) is 33.4 Å². The molecule has 1 atom stereocenters. The Hall–Kier alpha value is -1.64. The minimum Gasteiger partial charge on any atom is -0.491 e. The van der Waals surface area contributed by atoms with E-state index in [0.29, 0.717) is 38.3 Å². The number of rotatable bonds is 7. The summed E-state index contributed by atoms with van der Waals surface area (Å²) in [6.07, 6.45) is 1.06. The van der Waals surface area contributed by atoms with Crippen LogP contribution in [0.5, 0.6) is 5.75 Å². The van der Waals surface area contributed by atoms with Gasteiger partial charge in [-0.1, -0.05) is 0 Å². The number of carboxylic acid groups (broad SMARTS) is 1. The molecule has 8 heteroatoms. The molecule has 1 N–H and O–H groups in total. The minimum atomic E-state index is -3.68. The summed E-state index contributed by atoms with van der Waals surface area (Å²) < 4.78 is 36.7. The number of hydrogen-bond donors (Lipinski definition) is 1. The molecule has 7 nitrogen and oxygen atoms in total. The van der Waals surface area contributed by atoms with Gasteiger partial charge in [-0.3, -0.25) is 4.79 Å². The summed E-state index contributed by atoms with van der Waals surface area (Å²) in [5.41, 5.74) is 0. The fraction of sp³-hybridized carbons (Fsp3) is 0.533. The zero-order valence-corrected chi connectivity index (χ0v) is 13.8. The van der Waals surface area contributed by atoms with E-state index >= 15 is 0 Å². The van der Waals surface area contributed by atoms with Crippen LogP contribution in [0.2, 0.25) is 0 Å². The molecule has 1 fully saturated rings. The molecular weight excluding hydrogens is 322 g/mol. The number of sulfonamides is 1. The first-order chi connectivity index (χ1) is 10.9. The number of methoxy groups -OCH3 is 1. The lowest BCUT2D eigenvalue weighted by molar-refractivity contribution is -0.142. The Morgan fingerprint density at radius 1 is 1.30 bits per heavy atom. The van der Waals surface area contributed by atoms with Crippen molar-refractivity contribution in [2.45, 2.75) is 17.7 Å². The number of carbonyl (C=O) groups is 1. The molecule has 0 spiro atoms. The molecule has 0 aliphatic carbocycles. The van der Waals surface area contributed by atoms with E-state index in [1.807, 2.05) is 0 Å². The van der Waals surface area contributed by atoms with Crippen LogP contribution in [0, 0.1) is 5.92 Å². The summed E-state index contributed by atoms with van der Waals surface area (Å²) in [6, 6.07) is 6.12. The smallest absolute Gasteiger partial charge is 0.307 e. The van der Waals surface area contributed by atoms with Crippen molar-refractivity contribution in [1.82, 2.24) is 4.31 Å². The summed E-state index contributed by atoms with van der Waals surface area (Å²) in [5, 5.41) is 9.08. The number of ether oxygens (including phenoxy) is 2. The van der Waals surface area contributed by atoms with E-state index in [1.54, 1.807) is 19.2 Å². The zero-order valence-electron chi connectivity index (χ0n) is 13.0. The molecule has 0 radical (unpaired) electrons. The highest BCUT2D eigenvalue weighted by Gasteiger charge is 2.33. The fourth-order valence-electron chi connectivity index (χ4n) is 2.46. The van der Waals surface area contributed by atoms with Crippen molar-refractivity contribution >= 4 is 16.0 Å². The molecule has 0 aromatic heterocycles. The Labute approximate surface area is 135 Å². The molecule has 0 bridgehead atoms. The number of aliphatic carboxylic acids is 1. The SMILES string of the molecule is COCCOc1ccc(S(=O)(=O)N2CCCC(C(=O)O)C2)cc1. The van der Waals surface area contributed by atoms with E-state index < -0.39 is 21.9 Å². The Morgan fingerprint density at radius 3 is 2.61 bits per heavy atom. The molecule has 23 heavy (non-hydrogen) atoms. The monoisotopic (exact) mass is 343 g/mol. The maximum atomic E-state index is 12.6. The van der Waals surface area contributed by atoms with Crippen LogP contribution in [-0.2, 0) is 19.6 Å². The van der Waals surface area contributed by atoms with Gasteiger partial charge < -0.3 is 14.6 Å². The summed E-state index contributed by atoms with van der Waals surface area (Å²) >= 11 is 0. The van der Waals surface area contributed by atoms with Crippen molar-refractivity contribution < 1.29 is 27.8 Å². The lowest BCUT2D eigenvalue weighted by Gasteiger charge is -2.29. The molecule has 1 aliphatic heterocycles. The highest BCUT2D eigenvalue weighted by atomic mass is 32.2. The van der Waals surface area contributed by atoms with Gasteiger partial charge in [0, 0.05) is 20.2 Å². The van der Waals surface area contributed by atoms with E-state index in [2.05, 4.69) is 0 Å². The van der Waals surface area contributed by atoms with Crippen LogP contribution in [0.25, 0.3) is 0 Å². The van der Waals surface area contributed by atoms with E-state index in [4.69, 9.17) is 14.6 Å². The Bertz CT molecular complexity index is 628. The lowest BCUT2D eigenvalue weighted by atomic mass is 10.0. The average molecular weight is 343 g/mol. The first-order valence-corrected chi connectivity index (χ1v) is 8.84. The predicted molar refractivity (Wildman–Crippen MR) is 82.9 cm³/mol. The summed E-state index contributed by atoms with van der Waals surface area (Å²) in [5.74, 6) is -1.04. The largest absolute Gasteiger partial charge is 0.491 e. The molecule has 0 saturated carbocycles. The minimum absolute atomic E-state index is 0.0176. The van der Waals surface area contributed by atoms with Gasteiger partial charge in [-0.15, -0.1) is 0 Å².